The van der Waals surface area contributed by atoms with Gasteiger partial charge >= 0.3 is 0 Å². The summed E-state index contributed by atoms with van der Waals surface area (Å²) in [4.78, 5) is 0. The smallest absolute Gasteiger partial charge is 0.202 e. The van der Waals surface area contributed by atoms with Crippen LogP contribution in [0.3, 0.4) is 0 Å². The Morgan fingerprint density at radius 1 is 1.20 bits per heavy atom. The molecule has 3 nitrogen and oxygen atoms in total. The maximum absolute atomic E-state index is 5.26. The minimum absolute atomic E-state index is 0.622. The van der Waals surface area contributed by atoms with Crippen molar-refractivity contribution < 1.29 is 14.2 Å². The third kappa shape index (κ3) is 2.72. The topological polar surface area (TPSA) is 27.7 Å². The molecule has 0 heterocycles. The molecule has 0 aromatic carbocycles. The van der Waals surface area contributed by atoms with E-state index in [-0.39, 0.29) is 0 Å². The number of allylic oxidation sites excluding steroid dienone is 2. The van der Waals surface area contributed by atoms with Gasteiger partial charge in [-0.1, -0.05) is 5.57 Å². The van der Waals surface area contributed by atoms with Crippen molar-refractivity contribution in [2.75, 3.05) is 27.1 Å². The predicted molar refractivity (Wildman–Crippen MR) is 62.7 cm³/mol. The van der Waals surface area contributed by atoms with Crippen LogP contribution in [0.15, 0.2) is 35.0 Å². The number of methoxy groups -OCH3 is 3. The van der Waals surface area contributed by atoms with E-state index in [1.54, 1.807) is 21.3 Å². The van der Waals surface area contributed by atoms with Crippen molar-refractivity contribution in [1.29, 1.82) is 0 Å². The van der Waals surface area contributed by atoms with Crippen molar-refractivity contribution >= 4 is 12.6 Å². The zero-order chi connectivity index (χ0) is 11.3. The lowest BCUT2D eigenvalue weighted by molar-refractivity contribution is 0.191. The average Bonchev–Trinajstić information content (AvgIpc) is 2.46. The molecule has 4 heteroatoms. The second-order valence-electron chi connectivity index (χ2n) is 3.04. The monoisotopic (exact) mass is 228 g/mol. The summed E-state index contributed by atoms with van der Waals surface area (Å²) in [7, 11) is 4.82. The zero-order valence-electron chi connectivity index (χ0n) is 9.24. The van der Waals surface area contributed by atoms with Gasteiger partial charge in [0.1, 0.15) is 0 Å². The normalized spacial score (nSPS) is 16.5. The van der Waals surface area contributed by atoms with E-state index in [1.165, 1.54) is 0 Å². The summed E-state index contributed by atoms with van der Waals surface area (Å²) < 4.78 is 15.8. The van der Waals surface area contributed by atoms with Gasteiger partial charge in [0.25, 0.3) is 0 Å². The summed E-state index contributed by atoms with van der Waals surface area (Å²) >= 11 is 4.25. The van der Waals surface area contributed by atoms with Crippen LogP contribution in [0.1, 0.15) is 6.42 Å². The molecule has 0 spiro atoms. The van der Waals surface area contributed by atoms with E-state index in [9.17, 15) is 0 Å². The van der Waals surface area contributed by atoms with Gasteiger partial charge in [-0.2, -0.15) is 12.6 Å². The molecule has 0 saturated carbocycles. The largest absolute Gasteiger partial charge is 0.493 e. The molecule has 0 bridgehead atoms. The van der Waals surface area contributed by atoms with Crippen LogP contribution in [-0.4, -0.2) is 27.1 Å². The Labute approximate surface area is 95.8 Å². The summed E-state index contributed by atoms with van der Waals surface area (Å²) in [6.07, 6.45) is 4.70. The van der Waals surface area contributed by atoms with Crippen LogP contribution in [0, 0.1) is 0 Å². The van der Waals surface area contributed by atoms with Crippen LogP contribution in [0.25, 0.3) is 0 Å². The Morgan fingerprint density at radius 2 is 1.93 bits per heavy atom. The van der Waals surface area contributed by atoms with Gasteiger partial charge in [-0.25, -0.2) is 0 Å². The van der Waals surface area contributed by atoms with Gasteiger partial charge in [-0.3, -0.25) is 0 Å². The summed E-state index contributed by atoms with van der Waals surface area (Å²) in [6.45, 7) is 0. The SMILES string of the molecule is COC1=CCC(CS)=CC(OC)=C1OC. The van der Waals surface area contributed by atoms with Crippen LogP contribution in [0.2, 0.25) is 0 Å². The molecule has 0 amide bonds. The second kappa shape index (κ2) is 5.75. The zero-order valence-corrected chi connectivity index (χ0v) is 10.1. The third-order valence-corrected chi connectivity index (χ3v) is 2.59. The summed E-state index contributed by atoms with van der Waals surface area (Å²) in [6, 6.07) is 0. The minimum atomic E-state index is 0.622. The molecule has 0 saturated heterocycles. The van der Waals surface area contributed by atoms with E-state index >= 15 is 0 Å². The van der Waals surface area contributed by atoms with Gasteiger partial charge < -0.3 is 14.2 Å². The highest BCUT2D eigenvalue weighted by molar-refractivity contribution is 7.80. The number of thiol groups is 1. The lowest BCUT2D eigenvalue weighted by atomic mass is 10.2. The van der Waals surface area contributed by atoms with Gasteiger partial charge in [0.05, 0.1) is 21.3 Å². The van der Waals surface area contributed by atoms with E-state index in [4.69, 9.17) is 14.2 Å². The van der Waals surface area contributed by atoms with Crippen molar-refractivity contribution in [2.45, 2.75) is 6.42 Å². The highest BCUT2D eigenvalue weighted by Crippen LogP contribution is 2.25. The number of hydrogen-bond acceptors (Lipinski definition) is 4. The summed E-state index contributed by atoms with van der Waals surface area (Å²) in [5, 5.41) is 0. The molecule has 0 aromatic rings. The Balaban J connectivity index is 3.14. The first-order valence-corrected chi connectivity index (χ1v) is 5.27. The first kappa shape index (κ1) is 12.0. The van der Waals surface area contributed by atoms with E-state index < -0.39 is 0 Å². The molecule has 0 atom stereocenters. The summed E-state index contributed by atoms with van der Waals surface area (Å²) in [5.41, 5.74) is 1.16. The van der Waals surface area contributed by atoms with Crippen molar-refractivity contribution in [3.63, 3.8) is 0 Å². The molecule has 0 aromatic heterocycles. The highest BCUT2D eigenvalue weighted by atomic mass is 32.1. The minimum Gasteiger partial charge on any atom is -0.493 e. The Bertz CT molecular complexity index is 316. The Morgan fingerprint density at radius 3 is 2.40 bits per heavy atom. The van der Waals surface area contributed by atoms with Crippen molar-refractivity contribution in [3.05, 3.63) is 35.0 Å². The van der Waals surface area contributed by atoms with E-state index in [0.29, 0.717) is 23.0 Å². The fourth-order valence-electron chi connectivity index (χ4n) is 1.39. The van der Waals surface area contributed by atoms with E-state index in [2.05, 4.69) is 12.6 Å². The van der Waals surface area contributed by atoms with Crippen LogP contribution in [0.5, 0.6) is 0 Å². The maximum atomic E-state index is 5.26. The van der Waals surface area contributed by atoms with Crippen LogP contribution in [0.4, 0.5) is 0 Å². The first-order chi connectivity index (χ1) is 7.26. The summed E-state index contributed by atoms with van der Waals surface area (Å²) in [5.74, 6) is 2.68. The second-order valence-corrected chi connectivity index (χ2v) is 3.36. The van der Waals surface area contributed by atoms with Crippen molar-refractivity contribution in [3.8, 4) is 0 Å². The molecular formula is C11H16O3S. The molecule has 0 N–H and O–H groups in total. The van der Waals surface area contributed by atoms with Crippen LogP contribution >= 0.6 is 12.6 Å². The standard InChI is InChI=1S/C11H16O3S/c1-12-9-5-4-8(7-15)6-10(13-2)11(9)14-3/h5-6,15H,4,7H2,1-3H3. The maximum Gasteiger partial charge on any atom is 0.202 e. The molecule has 0 fully saturated rings. The fourth-order valence-corrected chi connectivity index (χ4v) is 1.61. The molecule has 0 aliphatic heterocycles. The number of hydrogen-bond donors (Lipinski definition) is 1. The van der Waals surface area contributed by atoms with Crippen LogP contribution in [-0.2, 0) is 14.2 Å². The molecular weight excluding hydrogens is 212 g/mol. The van der Waals surface area contributed by atoms with Crippen molar-refractivity contribution in [1.82, 2.24) is 0 Å². The molecule has 0 unspecified atom stereocenters. The molecule has 1 aliphatic rings. The van der Waals surface area contributed by atoms with Crippen LogP contribution < -0.4 is 0 Å². The predicted octanol–water partition coefficient (Wildman–Crippen LogP) is 2.28. The van der Waals surface area contributed by atoms with Gasteiger partial charge in [0.15, 0.2) is 11.5 Å². The Hall–Kier alpha value is -1.03. The number of rotatable bonds is 4. The van der Waals surface area contributed by atoms with E-state index in [1.807, 2.05) is 12.2 Å². The average molecular weight is 228 g/mol. The molecule has 1 aliphatic carbocycles. The molecule has 84 valence electrons. The molecule has 0 radical (unpaired) electrons. The van der Waals surface area contributed by atoms with E-state index in [0.717, 1.165) is 12.0 Å². The molecule has 15 heavy (non-hydrogen) atoms. The third-order valence-electron chi connectivity index (χ3n) is 2.18. The van der Waals surface area contributed by atoms with Gasteiger partial charge in [-0.15, -0.1) is 0 Å². The number of ether oxygens (including phenoxy) is 3. The Kier molecular flexibility index (Phi) is 4.62. The lowest BCUT2D eigenvalue weighted by Crippen LogP contribution is -2.00. The van der Waals surface area contributed by atoms with Gasteiger partial charge in [-0.05, 0) is 18.6 Å². The lowest BCUT2D eigenvalue weighted by Gasteiger charge is -2.11. The van der Waals surface area contributed by atoms with Crippen molar-refractivity contribution in [2.24, 2.45) is 0 Å². The van der Waals surface area contributed by atoms with Gasteiger partial charge in [0.2, 0.25) is 5.76 Å². The van der Waals surface area contributed by atoms with Gasteiger partial charge in [0, 0.05) is 5.75 Å². The molecule has 1 rings (SSSR count). The quantitative estimate of drug-likeness (QED) is 0.748. The fraction of sp³-hybridized carbons (Fsp3) is 0.455. The first-order valence-electron chi connectivity index (χ1n) is 4.63. The highest BCUT2D eigenvalue weighted by Gasteiger charge is 2.16.